The Hall–Kier alpha value is -5.86. The maximum absolute atomic E-state index is 2.43. The molecule has 0 amide bonds. The first-order chi connectivity index (χ1) is 24.7. The van der Waals surface area contributed by atoms with Gasteiger partial charge in [0.25, 0.3) is 0 Å². The second-order valence-electron chi connectivity index (χ2n) is 14.6. The zero-order chi connectivity index (χ0) is 35.5. The Morgan fingerprint density at radius 2 is 0.647 bits per heavy atom. The molecule has 0 saturated heterocycles. The third kappa shape index (κ3) is 7.23. The van der Waals surface area contributed by atoms with Crippen molar-refractivity contribution in [3.05, 3.63) is 192 Å². The minimum Gasteiger partial charge on any atom is -0.310 e. The van der Waals surface area contributed by atoms with Crippen LogP contribution in [0.15, 0.2) is 170 Å². The van der Waals surface area contributed by atoms with Crippen molar-refractivity contribution in [2.75, 3.05) is 9.80 Å². The van der Waals surface area contributed by atoms with E-state index in [0.717, 1.165) is 34.1 Å². The summed E-state index contributed by atoms with van der Waals surface area (Å²) in [5.41, 5.74) is 16.5. The van der Waals surface area contributed by atoms with Crippen LogP contribution in [0.3, 0.4) is 0 Å². The van der Waals surface area contributed by atoms with Crippen LogP contribution in [0.2, 0.25) is 0 Å². The Bertz CT molecular complexity index is 2080. The van der Waals surface area contributed by atoms with Crippen molar-refractivity contribution in [1.29, 1.82) is 0 Å². The lowest BCUT2D eigenvalue weighted by Crippen LogP contribution is -2.19. The SMILES string of the molecule is Cc1ccc(N(c2ccc(C)cc2)c2cc(C(C)(C)C)cc(N(c3ccc(-c4ccccc4)cc3)c3ccc(-c4ccccc4)cc3)c2C)cc1. The van der Waals surface area contributed by atoms with E-state index in [9.17, 15) is 0 Å². The molecule has 0 radical (unpaired) electrons. The second-order valence-corrected chi connectivity index (χ2v) is 14.6. The average Bonchev–Trinajstić information content (AvgIpc) is 3.15. The van der Waals surface area contributed by atoms with E-state index < -0.39 is 0 Å². The highest BCUT2D eigenvalue weighted by Crippen LogP contribution is 2.46. The van der Waals surface area contributed by atoms with E-state index in [2.05, 4.69) is 221 Å². The van der Waals surface area contributed by atoms with E-state index >= 15 is 0 Å². The third-order valence-electron chi connectivity index (χ3n) is 9.75. The molecule has 0 bridgehead atoms. The van der Waals surface area contributed by atoms with Crippen molar-refractivity contribution in [1.82, 2.24) is 0 Å². The lowest BCUT2D eigenvalue weighted by Gasteiger charge is -2.34. The summed E-state index contributed by atoms with van der Waals surface area (Å²) in [6, 6.07) is 61.8. The quantitative estimate of drug-likeness (QED) is 0.160. The number of rotatable bonds is 8. The van der Waals surface area contributed by atoms with Gasteiger partial charge in [-0.05, 0) is 120 Å². The molecule has 0 spiro atoms. The Balaban J connectivity index is 1.45. The first-order valence-corrected chi connectivity index (χ1v) is 17.9. The lowest BCUT2D eigenvalue weighted by molar-refractivity contribution is 0.590. The maximum Gasteiger partial charge on any atom is 0.0514 e. The summed E-state index contributed by atoms with van der Waals surface area (Å²) in [6.07, 6.45) is 0. The second kappa shape index (κ2) is 14.2. The predicted molar refractivity (Wildman–Crippen MR) is 220 cm³/mol. The topological polar surface area (TPSA) is 6.48 Å². The number of hydrogen-bond acceptors (Lipinski definition) is 2. The molecule has 0 aliphatic carbocycles. The van der Waals surface area contributed by atoms with Crippen LogP contribution in [0.5, 0.6) is 0 Å². The van der Waals surface area contributed by atoms with Crippen LogP contribution < -0.4 is 9.80 Å². The van der Waals surface area contributed by atoms with E-state index in [0.29, 0.717) is 0 Å². The van der Waals surface area contributed by atoms with Crippen molar-refractivity contribution in [3.8, 4) is 22.3 Å². The normalized spacial score (nSPS) is 11.3. The molecule has 2 nitrogen and oxygen atoms in total. The van der Waals surface area contributed by atoms with E-state index in [1.54, 1.807) is 0 Å². The van der Waals surface area contributed by atoms with Gasteiger partial charge in [-0.25, -0.2) is 0 Å². The predicted octanol–water partition coefficient (Wildman–Crippen LogP) is 14.2. The van der Waals surface area contributed by atoms with E-state index in [1.807, 2.05) is 0 Å². The van der Waals surface area contributed by atoms with Crippen LogP contribution in [-0.2, 0) is 5.41 Å². The Labute approximate surface area is 304 Å². The van der Waals surface area contributed by atoms with Gasteiger partial charge in [0.2, 0.25) is 0 Å². The fourth-order valence-electron chi connectivity index (χ4n) is 6.69. The fraction of sp³-hybridized carbons (Fsp3) is 0.143. The Morgan fingerprint density at radius 1 is 0.353 bits per heavy atom. The first kappa shape index (κ1) is 33.6. The number of aryl methyl sites for hydroxylation is 2. The molecule has 2 heteroatoms. The number of nitrogens with zero attached hydrogens (tertiary/aromatic N) is 2. The highest BCUT2D eigenvalue weighted by molar-refractivity contribution is 5.88. The van der Waals surface area contributed by atoms with Crippen molar-refractivity contribution in [2.45, 2.75) is 47.0 Å². The van der Waals surface area contributed by atoms with Gasteiger partial charge in [-0.15, -0.1) is 0 Å². The van der Waals surface area contributed by atoms with Crippen molar-refractivity contribution < 1.29 is 0 Å². The summed E-state index contributed by atoms with van der Waals surface area (Å²) in [6.45, 7) is 13.5. The number of benzene rings is 7. The Kier molecular flexibility index (Phi) is 9.34. The van der Waals surface area contributed by atoms with Crippen LogP contribution in [-0.4, -0.2) is 0 Å². The van der Waals surface area contributed by atoms with E-state index in [-0.39, 0.29) is 5.41 Å². The summed E-state index contributed by atoms with van der Waals surface area (Å²) in [5, 5.41) is 0. The molecule has 7 rings (SSSR count). The molecule has 0 saturated carbocycles. The van der Waals surface area contributed by atoms with Gasteiger partial charge in [0, 0.05) is 22.7 Å². The molecule has 0 aliphatic heterocycles. The highest BCUT2D eigenvalue weighted by atomic mass is 15.2. The van der Waals surface area contributed by atoms with Crippen molar-refractivity contribution in [3.63, 3.8) is 0 Å². The molecular formula is C49H46N2. The molecule has 7 aromatic carbocycles. The average molecular weight is 663 g/mol. The third-order valence-corrected chi connectivity index (χ3v) is 9.75. The van der Waals surface area contributed by atoms with Gasteiger partial charge in [-0.3, -0.25) is 0 Å². The van der Waals surface area contributed by atoms with Crippen LogP contribution >= 0.6 is 0 Å². The van der Waals surface area contributed by atoms with Gasteiger partial charge in [0.15, 0.2) is 0 Å². The van der Waals surface area contributed by atoms with Crippen molar-refractivity contribution >= 4 is 34.1 Å². The molecule has 0 unspecified atom stereocenters. The molecule has 0 N–H and O–H groups in total. The van der Waals surface area contributed by atoms with Gasteiger partial charge in [-0.2, -0.15) is 0 Å². The largest absolute Gasteiger partial charge is 0.310 e. The summed E-state index contributed by atoms with van der Waals surface area (Å²) >= 11 is 0. The van der Waals surface area contributed by atoms with Crippen LogP contribution in [0.4, 0.5) is 34.1 Å². The summed E-state index contributed by atoms with van der Waals surface area (Å²) in [4.78, 5) is 4.85. The van der Waals surface area contributed by atoms with Gasteiger partial charge < -0.3 is 9.80 Å². The molecule has 252 valence electrons. The highest BCUT2D eigenvalue weighted by Gasteiger charge is 2.26. The molecule has 7 aromatic rings. The summed E-state index contributed by atoms with van der Waals surface area (Å²) in [7, 11) is 0. The summed E-state index contributed by atoms with van der Waals surface area (Å²) in [5.74, 6) is 0. The van der Waals surface area contributed by atoms with Crippen LogP contribution in [0, 0.1) is 20.8 Å². The zero-order valence-corrected chi connectivity index (χ0v) is 30.6. The molecule has 0 fully saturated rings. The number of hydrogen-bond donors (Lipinski definition) is 0. The minimum absolute atomic E-state index is 0.0938. The summed E-state index contributed by atoms with van der Waals surface area (Å²) < 4.78 is 0. The Morgan fingerprint density at radius 3 is 0.961 bits per heavy atom. The first-order valence-electron chi connectivity index (χ1n) is 17.9. The standard InChI is InChI=1S/C49H46N2/c1-35-17-25-43(26-18-35)50(44-27-19-36(2)20-28-44)47-33-42(49(4,5)6)34-48(37(47)3)51(45-29-21-40(22-30-45)38-13-9-7-10-14-38)46-31-23-41(24-32-46)39-15-11-8-12-16-39/h7-34H,1-6H3. The monoisotopic (exact) mass is 662 g/mol. The fourth-order valence-corrected chi connectivity index (χ4v) is 6.69. The van der Waals surface area contributed by atoms with Gasteiger partial charge in [0.05, 0.1) is 11.4 Å². The smallest absolute Gasteiger partial charge is 0.0514 e. The molecule has 0 atom stereocenters. The molecular weight excluding hydrogens is 617 g/mol. The lowest BCUT2D eigenvalue weighted by atomic mass is 9.85. The van der Waals surface area contributed by atoms with Gasteiger partial charge in [-0.1, -0.05) is 141 Å². The van der Waals surface area contributed by atoms with Crippen molar-refractivity contribution in [2.24, 2.45) is 0 Å². The molecule has 0 aromatic heterocycles. The van der Waals surface area contributed by atoms with Gasteiger partial charge >= 0.3 is 0 Å². The molecule has 0 heterocycles. The van der Waals surface area contributed by atoms with Crippen LogP contribution in [0.25, 0.3) is 22.3 Å². The number of anilines is 6. The minimum atomic E-state index is -0.0938. The maximum atomic E-state index is 2.43. The molecule has 0 aliphatic rings. The molecule has 51 heavy (non-hydrogen) atoms. The zero-order valence-electron chi connectivity index (χ0n) is 30.6. The van der Waals surface area contributed by atoms with Gasteiger partial charge in [0.1, 0.15) is 0 Å². The van der Waals surface area contributed by atoms with Crippen LogP contribution in [0.1, 0.15) is 43.0 Å². The van der Waals surface area contributed by atoms with E-state index in [4.69, 9.17) is 0 Å². The van der Waals surface area contributed by atoms with E-state index in [1.165, 1.54) is 44.5 Å².